The largest absolute Gasteiger partial charge is 0.550 e. The van der Waals surface area contributed by atoms with Gasteiger partial charge in [-0.3, -0.25) is 4.79 Å². The molecule has 1 aliphatic carbocycles. The number of carboxylic acids is 1. The van der Waals surface area contributed by atoms with E-state index in [0.717, 1.165) is 6.42 Å². The average Bonchev–Trinajstić information content (AvgIpc) is 2.49. The molecule has 0 saturated heterocycles. The van der Waals surface area contributed by atoms with E-state index in [9.17, 15) is 14.7 Å². The Morgan fingerprint density at radius 2 is 2.27 bits per heavy atom. The van der Waals surface area contributed by atoms with Crippen molar-refractivity contribution < 1.29 is 14.7 Å². The third-order valence-corrected chi connectivity index (χ3v) is 2.97. The SMILES string of the molecule is CCC=CC[C@@H]1C(=O)CC[C@H]1CC(=O)[O-]. The summed E-state index contributed by atoms with van der Waals surface area (Å²) in [5.41, 5.74) is 0. The summed E-state index contributed by atoms with van der Waals surface area (Å²) in [6, 6.07) is 0. The molecular formula is C12H17O3-. The molecule has 0 amide bonds. The van der Waals surface area contributed by atoms with Gasteiger partial charge in [-0.1, -0.05) is 19.1 Å². The van der Waals surface area contributed by atoms with Crippen LogP contribution in [0.1, 0.15) is 39.0 Å². The lowest BCUT2D eigenvalue weighted by molar-refractivity contribution is -0.307. The molecule has 0 aromatic rings. The van der Waals surface area contributed by atoms with Crippen molar-refractivity contribution in [1.82, 2.24) is 0 Å². The lowest BCUT2D eigenvalue weighted by atomic mass is 9.89. The van der Waals surface area contributed by atoms with Crippen LogP contribution in [0.25, 0.3) is 0 Å². The lowest BCUT2D eigenvalue weighted by Crippen LogP contribution is -2.27. The van der Waals surface area contributed by atoms with E-state index in [4.69, 9.17) is 0 Å². The number of aliphatic carboxylic acids is 1. The topological polar surface area (TPSA) is 57.2 Å². The molecule has 3 nitrogen and oxygen atoms in total. The van der Waals surface area contributed by atoms with Crippen molar-refractivity contribution >= 4 is 11.8 Å². The molecule has 0 radical (unpaired) electrons. The second kappa shape index (κ2) is 5.69. The van der Waals surface area contributed by atoms with Crippen molar-refractivity contribution in [3.63, 3.8) is 0 Å². The maximum absolute atomic E-state index is 11.5. The third kappa shape index (κ3) is 3.50. The van der Waals surface area contributed by atoms with Crippen LogP contribution in [0.4, 0.5) is 0 Å². The molecule has 0 bridgehead atoms. The Bertz CT molecular complexity index is 268. The molecule has 1 saturated carbocycles. The molecule has 15 heavy (non-hydrogen) atoms. The normalized spacial score (nSPS) is 26.3. The predicted molar refractivity (Wildman–Crippen MR) is 54.9 cm³/mol. The van der Waals surface area contributed by atoms with E-state index in [1.807, 2.05) is 19.1 Å². The molecule has 84 valence electrons. The van der Waals surface area contributed by atoms with Crippen molar-refractivity contribution in [1.29, 1.82) is 0 Å². The van der Waals surface area contributed by atoms with Gasteiger partial charge in [0.1, 0.15) is 5.78 Å². The minimum Gasteiger partial charge on any atom is -0.550 e. The Labute approximate surface area is 90.2 Å². The Balaban J connectivity index is 2.52. The number of hydrogen-bond donors (Lipinski definition) is 0. The summed E-state index contributed by atoms with van der Waals surface area (Å²) in [6.45, 7) is 2.03. The predicted octanol–water partition coefficient (Wildman–Crippen LogP) is 1.08. The van der Waals surface area contributed by atoms with E-state index >= 15 is 0 Å². The van der Waals surface area contributed by atoms with Crippen LogP contribution in [0.3, 0.4) is 0 Å². The molecular weight excluding hydrogens is 192 g/mol. The first-order valence-corrected chi connectivity index (χ1v) is 5.52. The van der Waals surface area contributed by atoms with Crippen LogP contribution in [0.5, 0.6) is 0 Å². The van der Waals surface area contributed by atoms with Crippen LogP contribution in [-0.2, 0) is 9.59 Å². The molecule has 0 N–H and O–H groups in total. The highest BCUT2D eigenvalue weighted by molar-refractivity contribution is 5.84. The number of carbonyl (C=O) groups is 2. The van der Waals surface area contributed by atoms with Gasteiger partial charge < -0.3 is 9.90 Å². The smallest absolute Gasteiger partial charge is 0.136 e. The van der Waals surface area contributed by atoms with E-state index in [-0.39, 0.29) is 24.0 Å². The summed E-state index contributed by atoms with van der Waals surface area (Å²) in [5, 5.41) is 10.5. The van der Waals surface area contributed by atoms with Crippen molar-refractivity contribution in [3.05, 3.63) is 12.2 Å². The van der Waals surface area contributed by atoms with Gasteiger partial charge in [-0.25, -0.2) is 0 Å². The number of allylic oxidation sites excluding steroid dienone is 2. The summed E-state index contributed by atoms with van der Waals surface area (Å²) < 4.78 is 0. The molecule has 0 aromatic heterocycles. The first-order chi connectivity index (χ1) is 7.15. The Kier molecular flexibility index (Phi) is 4.53. The molecule has 3 heteroatoms. The van der Waals surface area contributed by atoms with Gasteiger partial charge in [0.25, 0.3) is 0 Å². The first-order valence-electron chi connectivity index (χ1n) is 5.52. The quantitative estimate of drug-likeness (QED) is 0.636. The van der Waals surface area contributed by atoms with Crippen LogP contribution >= 0.6 is 0 Å². The fraction of sp³-hybridized carbons (Fsp3) is 0.667. The van der Waals surface area contributed by atoms with Crippen LogP contribution < -0.4 is 5.11 Å². The first kappa shape index (κ1) is 12.0. The van der Waals surface area contributed by atoms with Crippen LogP contribution in [0.2, 0.25) is 0 Å². The maximum Gasteiger partial charge on any atom is 0.136 e. The Hall–Kier alpha value is -1.12. The second-order valence-electron chi connectivity index (χ2n) is 4.06. The van der Waals surface area contributed by atoms with Gasteiger partial charge >= 0.3 is 0 Å². The molecule has 0 aliphatic heterocycles. The van der Waals surface area contributed by atoms with Gasteiger partial charge in [-0.2, -0.15) is 0 Å². The summed E-state index contributed by atoms with van der Waals surface area (Å²) in [4.78, 5) is 22.0. The second-order valence-corrected chi connectivity index (χ2v) is 4.06. The number of ketones is 1. The van der Waals surface area contributed by atoms with Gasteiger partial charge in [0.15, 0.2) is 0 Å². The molecule has 0 heterocycles. The summed E-state index contributed by atoms with van der Waals surface area (Å²) in [6.07, 6.45) is 6.89. The summed E-state index contributed by atoms with van der Waals surface area (Å²) >= 11 is 0. The minimum absolute atomic E-state index is 0.0102. The van der Waals surface area contributed by atoms with Crippen molar-refractivity contribution in [2.24, 2.45) is 11.8 Å². The monoisotopic (exact) mass is 209 g/mol. The molecule has 1 aliphatic rings. The zero-order chi connectivity index (χ0) is 11.3. The number of carboxylic acid groups (broad SMARTS) is 1. The van der Waals surface area contributed by atoms with Gasteiger partial charge in [-0.05, 0) is 31.6 Å². The zero-order valence-corrected chi connectivity index (χ0v) is 9.07. The minimum atomic E-state index is -1.04. The molecule has 2 atom stereocenters. The van der Waals surface area contributed by atoms with E-state index in [2.05, 4.69) is 0 Å². The number of rotatable bonds is 5. The fourth-order valence-electron chi connectivity index (χ4n) is 2.17. The number of hydrogen-bond acceptors (Lipinski definition) is 3. The lowest BCUT2D eigenvalue weighted by Gasteiger charge is -2.17. The van der Waals surface area contributed by atoms with Crippen molar-refractivity contribution in [2.75, 3.05) is 0 Å². The average molecular weight is 209 g/mol. The number of carbonyl (C=O) groups excluding carboxylic acids is 2. The van der Waals surface area contributed by atoms with Gasteiger partial charge in [0, 0.05) is 18.3 Å². The Morgan fingerprint density at radius 3 is 2.87 bits per heavy atom. The van der Waals surface area contributed by atoms with E-state index < -0.39 is 5.97 Å². The highest BCUT2D eigenvalue weighted by atomic mass is 16.4. The van der Waals surface area contributed by atoms with Gasteiger partial charge in [-0.15, -0.1) is 0 Å². The Morgan fingerprint density at radius 1 is 1.53 bits per heavy atom. The molecule has 1 fully saturated rings. The zero-order valence-electron chi connectivity index (χ0n) is 9.07. The van der Waals surface area contributed by atoms with Crippen molar-refractivity contribution in [3.8, 4) is 0 Å². The van der Waals surface area contributed by atoms with Crippen molar-refractivity contribution in [2.45, 2.75) is 39.0 Å². The molecule has 0 spiro atoms. The summed E-state index contributed by atoms with van der Waals surface area (Å²) in [5.74, 6) is -0.934. The van der Waals surface area contributed by atoms with Crippen LogP contribution in [0.15, 0.2) is 12.2 Å². The molecule has 0 aromatic carbocycles. The van der Waals surface area contributed by atoms with E-state index in [1.165, 1.54) is 0 Å². The van der Waals surface area contributed by atoms with Gasteiger partial charge in [0.05, 0.1) is 0 Å². The molecule has 0 unspecified atom stereocenters. The highest BCUT2D eigenvalue weighted by Gasteiger charge is 2.33. The van der Waals surface area contributed by atoms with Crippen LogP contribution in [0, 0.1) is 11.8 Å². The van der Waals surface area contributed by atoms with E-state index in [1.54, 1.807) is 0 Å². The van der Waals surface area contributed by atoms with E-state index in [0.29, 0.717) is 19.3 Å². The maximum atomic E-state index is 11.5. The summed E-state index contributed by atoms with van der Waals surface area (Å²) in [7, 11) is 0. The fourth-order valence-corrected chi connectivity index (χ4v) is 2.17. The third-order valence-electron chi connectivity index (χ3n) is 2.97. The van der Waals surface area contributed by atoms with Gasteiger partial charge in [0.2, 0.25) is 0 Å². The highest BCUT2D eigenvalue weighted by Crippen LogP contribution is 2.33. The molecule has 1 rings (SSSR count). The standard InChI is InChI=1S/C12H18O3/c1-2-3-4-5-10-9(8-12(14)15)6-7-11(10)13/h3-4,9-10H,2,5-8H2,1H3,(H,14,15)/p-1/t9-,10-/m0/s1. The number of Topliss-reactive ketones (excluding diaryl/α,β-unsaturated/α-hetero) is 1. The van der Waals surface area contributed by atoms with Crippen LogP contribution in [-0.4, -0.2) is 11.8 Å².